The number of benzene rings is 1. The molecule has 0 bridgehead atoms. The van der Waals surface area contributed by atoms with Gasteiger partial charge in [0.15, 0.2) is 5.96 Å². The number of aliphatic imine (C=N–C) groups is 1. The molecule has 0 radical (unpaired) electrons. The Balaban J connectivity index is 0.00000243. The Hall–Kier alpha value is -1.29. The molecule has 1 aliphatic rings. The van der Waals surface area contributed by atoms with E-state index in [9.17, 15) is 8.78 Å². The van der Waals surface area contributed by atoms with Gasteiger partial charge >= 0.3 is 0 Å². The molecule has 0 amide bonds. The summed E-state index contributed by atoms with van der Waals surface area (Å²) in [6.07, 6.45) is 4.45. The van der Waals surface area contributed by atoms with Crippen molar-refractivity contribution in [1.29, 1.82) is 0 Å². The van der Waals surface area contributed by atoms with Gasteiger partial charge in [0.25, 0.3) is 0 Å². The van der Waals surface area contributed by atoms with Crippen LogP contribution in [-0.4, -0.2) is 30.6 Å². The van der Waals surface area contributed by atoms with Crippen molar-refractivity contribution in [1.82, 2.24) is 15.6 Å². The third-order valence-corrected chi connectivity index (χ3v) is 5.49. The van der Waals surface area contributed by atoms with E-state index in [1.807, 2.05) is 6.20 Å². The lowest BCUT2D eigenvalue weighted by atomic mass is 10.1. The fraction of sp³-hybridized carbons (Fsp3) is 0.444. The highest BCUT2D eigenvalue weighted by atomic mass is 127. The predicted molar refractivity (Wildman–Crippen MR) is 113 cm³/mol. The molecule has 1 saturated carbocycles. The molecule has 8 heteroatoms. The average molecular weight is 492 g/mol. The van der Waals surface area contributed by atoms with Crippen LogP contribution >= 0.6 is 35.3 Å². The van der Waals surface area contributed by atoms with Crippen molar-refractivity contribution < 1.29 is 8.78 Å². The summed E-state index contributed by atoms with van der Waals surface area (Å²) in [6.45, 7) is 2.83. The summed E-state index contributed by atoms with van der Waals surface area (Å²) in [6, 6.07) is 4.00. The topological polar surface area (TPSA) is 49.3 Å². The lowest BCUT2D eigenvalue weighted by Crippen LogP contribution is -2.40. The van der Waals surface area contributed by atoms with Crippen LogP contribution in [0.5, 0.6) is 0 Å². The zero-order valence-corrected chi connectivity index (χ0v) is 17.9. The quantitative estimate of drug-likeness (QED) is 0.366. The molecule has 1 aromatic heterocycles. The van der Waals surface area contributed by atoms with E-state index >= 15 is 0 Å². The normalized spacial score (nSPS) is 19.0. The highest BCUT2D eigenvalue weighted by Crippen LogP contribution is 2.42. The highest BCUT2D eigenvalue weighted by molar-refractivity contribution is 14.0. The summed E-state index contributed by atoms with van der Waals surface area (Å²) in [5.74, 6) is -0.456. The van der Waals surface area contributed by atoms with E-state index < -0.39 is 11.6 Å². The van der Waals surface area contributed by atoms with Crippen molar-refractivity contribution in [3.05, 3.63) is 51.5 Å². The zero-order valence-electron chi connectivity index (χ0n) is 14.8. The summed E-state index contributed by atoms with van der Waals surface area (Å²) in [5.41, 5.74) is 0.172. The van der Waals surface area contributed by atoms with Gasteiger partial charge in [-0.25, -0.2) is 13.8 Å². The SMILES string of the molecule is CCc1cnc(CCNC(=NC)NC2CC2c2c(F)cccc2F)s1.I. The standard InChI is InChI=1S/C18H22F2N4S.HI/c1-3-11-10-23-16(25-11)7-8-22-18(21-2)24-15-9-12(15)17-13(19)5-4-6-14(17)20;/h4-6,10,12,15H,3,7-9H2,1-2H3,(H2,21,22,24);1H. The Morgan fingerprint density at radius 2 is 2.08 bits per heavy atom. The maximum atomic E-state index is 13.8. The molecule has 1 aromatic carbocycles. The van der Waals surface area contributed by atoms with Gasteiger partial charge in [0.05, 0.1) is 5.01 Å². The Morgan fingerprint density at radius 1 is 1.35 bits per heavy atom. The second-order valence-corrected chi connectivity index (χ2v) is 7.25. The number of hydrogen-bond donors (Lipinski definition) is 2. The summed E-state index contributed by atoms with van der Waals surface area (Å²) < 4.78 is 27.7. The van der Waals surface area contributed by atoms with Crippen LogP contribution < -0.4 is 10.6 Å². The minimum Gasteiger partial charge on any atom is -0.356 e. The van der Waals surface area contributed by atoms with E-state index in [0.29, 0.717) is 18.9 Å². The van der Waals surface area contributed by atoms with Crippen LogP contribution in [0.25, 0.3) is 0 Å². The van der Waals surface area contributed by atoms with Gasteiger partial charge in [0.1, 0.15) is 11.6 Å². The summed E-state index contributed by atoms with van der Waals surface area (Å²) in [7, 11) is 1.69. The molecule has 1 heterocycles. The van der Waals surface area contributed by atoms with Crippen molar-refractivity contribution in [2.24, 2.45) is 4.99 Å². The Bertz CT molecular complexity index is 745. The van der Waals surface area contributed by atoms with E-state index in [-0.39, 0.29) is 41.5 Å². The third kappa shape index (κ3) is 5.12. The molecular weight excluding hydrogens is 469 g/mol. The number of guanidine groups is 1. The minimum absolute atomic E-state index is 0. The van der Waals surface area contributed by atoms with Crippen LogP contribution in [0.4, 0.5) is 8.78 Å². The van der Waals surface area contributed by atoms with Gasteiger partial charge in [0.2, 0.25) is 0 Å². The summed E-state index contributed by atoms with van der Waals surface area (Å²) in [4.78, 5) is 9.86. The van der Waals surface area contributed by atoms with Crippen molar-refractivity contribution in [3.63, 3.8) is 0 Å². The number of nitrogens with one attached hydrogen (secondary N) is 2. The first kappa shape index (κ1) is 21.0. The first-order valence-electron chi connectivity index (χ1n) is 8.47. The van der Waals surface area contributed by atoms with E-state index in [1.165, 1.54) is 23.1 Å². The molecule has 4 nitrogen and oxygen atoms in total. The van der Waals surface area contributed by atoms with Crippen LogP contribution in [0.3, 0.4) is 0 Å². The molecule has 2 aromatic rings. The van der Waals surface area contributed by atoms with Crippen molar-refractivity contribution in [3.8, 4) is 0 Å². The third-order valence-electron chi connectivity index (χ3n) is 4.29. The van der Waals surface area contributed by atoms with E-state index in [1.54, 1.807) is 18.4 Å². The smallest absolute Gasteiger partial charge is 0.191 e. The average Bonchev–Trinajstić information content (AvgIpc) is 3.18. The monoisotopic (exact) mass is 492 g/mol. The number of halogens is 3. The molecule has 1 aliphatic carbocycles. The molecule has 0 spiro atoms. The summed E-state index contributed by atoms with van der Waals surface area (Å²) in [5, 5.41) is 7.57. The van der Waals surface area contributed by atoms with Gasteiger partial charge in [-0.3, -0.25) is 4.99 Å². The molecule has 3 rings (SSSR count). The number of thiazole rings is 1. The first-order chi connectivity index (χ1) is 12.1. The van der Waals surface area contributed by atoms with Gasteiger partial charge in [-0.05, 0) is 25.0 Å². The van der Waals surface area contributed by atoms with Gasteiger partial charge in [-0.15, -0.1) is 35.3 Å². The number of rotatable bonds is 6. The Kier molecular flexibility index (Phi) is 7.75. The Morgan fingerprint density at radius 3 is 2.69 bits per heavy atom. The fourth-order valence-corrected chi connectivity index (χ4v) is 3.69. The minimum atomic E-state index is -0.479. The van der Waals surface area contributed by atoms with Crippen LogP contribution in [0, 0.1) is 11.6 Å². The Labute approximate surface area is 173 Å². The molecule has 2 unspecified atom stereocenters. The second-order valence-electron chi connectivity index (χ2n) is 6.05. The maximum absolute atomic E-state index is 13.8. The first-order valence-corrected chi connectivity index (χ1v) is 9.28. The highest BCUT2D eigenvalue weighted by Gasteiger charge is 2.42. The van der Waals surface area contributed by atoms with Crippen LogP contribution in [0.15, 0.2) is 29.4 Å². The molecule has 2 N–H and O–H groups in total. The van der Waals surface area contributed by atoms with Gasteiger partial charge in [0, 0.05) is 48.6 Å². The molecule has 1 fully saturated rings. The molecule has 142 valence electrons. The lowest BCUT2D eigenvalue weighted by molar-refractivity contribution is 0.553. The van der Waals surface area contributed by atoms with Crippen molar-refractivity contribution in [2.45, 2.75) is 38.1 Å². The largest absolute Gasteiger partial charge is 0.356 e. The molecule has 2 atom stereocenters. The predicted octanol–water partition coefficient (Wildman–Crippen LogP) is 3.87. The zero-order chi connectivity index (χ0) is 17.8. The number of aromatic nitrogens is 1. The lowest BCUT2D eigenvalue weighted by Gasteiger charge is -2.11. The van der Waals surface area contributed by atoms with E-state index in [0.717, 1.165) is 17.8 Å². The molecule has 0 saturated heterocycles. The molecule has 26 heavy (non-hydrogen) atoms. The second kappa shape index (κ2) is 9.59. The van der Waals surface area contributed by atoms with Crippen LogP contribution in [0.2, 0.25) is 0 Å². The van der Waals surface area contributed by atoms with Crippen LogP contribution in [0.1, 0.15) is 34.7 Å². The fourth-order valence-electron chi connectivity index (χ4n) is 2.82. The van der Waals surface area contributed by atoms with Gasteiger partial charge < -0.3 is 10.6 Å². The number of aryl methyl sites for hydroxylation is 1. The maximum Gasteiger partial charge on any atom is 0.191 e. The molecule has 0 aliphatic heterocycles. The van der Waals surface area contributed by atoms with Gasteiger partial charge in [-0.1, -0.05) is 13.0 Å². The number of hydrogen-bond acceptors (Lipinski definition) is 3. The summed E-state index contributed by atoms with van der Waals surface area (Å²) >= 11 is 1.72. The number of nitrogens with zero attached hydrogens (tertiary/aromatic N) is 2. The van der Waals surface area contributed by atoms with E-state index in [4.69, 9.17) is 0 Å². The van der Waals surface area contributed by atoms with Crippen LogP contribution in [-0.2, 0) is 12.8 Å². The molecular formula is C18H23F2IN4S. The van der Waals surface area contributed by atoms with Crippen molar-refractivity contribution in [2.75, 3.05) is 13.6 Å². The van der Waals surface area contributed by atoms with E-state index in [2.05, 4.69) is 27.5 Å². The van der Waals surface area contributed by atoms with Crippen molar-refractivity contribution >= 4 is 41.3 Å². The van der Waals surface area contributed by atoms with Gasteiger partial charge in [-0.2, -0.15) is 0 Å².